The highest BCUT2D eigenvalue weighted by Crippen LogP contribution is 2.46. The van der Waals surface area contributed by atoms with E-state index >= 15 is 0 Å². The number of carbonyl (C=O) groups excluding carboxylic acids is 1. The topological polar surface area (TPSA) is 143 Å². The molecule has 0 bridgehead atoms. The molecule has 4 N–H and O–H groups in total. The number of aliphatic imine (C=N–C) groups is 1. The molecule has 5 rings (SSSR count). The summed E-state index contributed by atoms with van der Waals surface area (Å²) in [5.74, 6) is 0.394. The number of hydrogen-bond acceptors (Lipinski definition) is 10. The minimum absolute atomic E-state index is 0. The summed E-state index contributed by atoms with van der Waals surface area (Å²) in [6.07, 6.45) is 4.97. The van der Waals surface area contributed by atoms with E-state index in [9.17, 15) is 9.18 Å². The molecule has 0 saturated carbocycles. The number of halogens is 2. The highest BCUT2D eigenvalue weighted by Gasteiger charge is 2.50. The Kier molecular flexibility index (Phi) is 7.15. The van der Waals surface area contributed by atoms with Crippen LogP contribution in [0, 0.1) is 11.7 Å². The molecule has 2 aliphatic heterocycles. The summed E-state index contributed by atoms with van der Waals surface area (Å²) >= 11 is 1.50. The quantitative estimate of drug-likeness (QED) is 0.463. The number of anilines is 2. The summed E-state index contributed by atoms with van der Waals surface area (Å²) in [6.45, 7) is 0.858. The van der Waals surface area contributed by atoms with E-state index in [2.05, 4.69) is 25.3 Å². The third kappa shape index (κ3) is 4.90. The maximum Gasteiger partial charge on any atom is 0.275 e. The number of amidine groups is 1. The summed E-state index contributed by atoms with van der Waals surface area (Å²) in [4.78, 5) is 35.8. The Bertz CT molecular complexity index is 1250. The molecule has 10 nitrogen and oxygen atoms in total. The van der Waals surface area contributed by atoms with Gasteiger partial charge in [-0.25, -0.2) is 24.3 Å². The van der Waals surface area contributed by atoms with E-state index in [4.69, 9.17) is 15.8 Å². The van der Waals surface area contributed by atoms with Gasteiger partial charge in [-0.3, -0.25) is 9.78 Å². The van der Waals surface area contributed by atoms with E-state index in [-0.39, 0.29) is 30.6 Å². The largest absolute Gasteiger partial charge is 0.390 e. The molecule has 1 saturated heterocycles. The van der Waals surface area contributed by atoms with Gasteiger partial charge in [0.05, 0.1) is 43.6 Å². The molecule has 35 heavy (non-hydrogen) atoms. The molecule has 1 aromatic carbocycles. The van der Waals surface area contributed by atoms with Crippen molar-refractivity contribution in [1.82, 2.24) is 19.9 Å². The lowest BCUT2D eigenvalue weighted by molar-refractivity contribution is 0.102. The highest BCUT2D eigenvalue weighted by molar-refractivity contribution is 8.13. The Morgan fingerprint density at radius 3 is 2.74 bits per heavy atom. The number of aliphatic hydroxyl groups is 1. The summed E-state index contributed by atoms with van der Waals surface area (Å²) in [5, 5.41) is 12.4. The number of aromatic nitrogens is 4. The zero-order valence-electron chi connectivity index (χ0n) is 18.3. The molecule has 2 atom stereocenters. The first-order valence-electron chi connectivity index (χ1n) is 10.5. The maximum absolute atomic E-state index is 13.3. The lowest BCUT2D eigenvalue weighted by Gasteiger charge is -2.34. The number of aliphatic hydroxyl groups excluding tert-OH is 1. The molecule has 0 unspecified atom stereocenters. The maximum atomic E-state index is 13.3. The third-order valence-electron chi connectivity index (χ3n) is 5.90. The van der Waals surface area contributed by atoms with Gasteiger partial charge in [0.25, 0.3) is 5.91 Å². The summed E-state index contributed by atoms with van der Waals surface area (Å²) in [5.41, 5.74) is 7.47. The van der Waals surface area contributed by atoms with Crippen molar-refractivity contribution in [3.05, 3.63) is 71.8 Å². The van der Waals surface area contributed by atoms with Crippen LogP contribution in [-0.2, 0) is 12.1 Å². The first-order valence-corrected chi connectivity index (χ1v) is 11.5. The van der Waals surface area contributed by atoms with Crippen LogP contribution in [0.5, 0.6) is 0 Å². The first-order chi connectivity index (χ1) is 16.5. The van der Waals surface area contributed by atoms with Crippen LogP contribution in [-0.4, -0.2) is 55.0 Å². The first kappa shape index (κ1) is 24.8. The van der Waals surface area contributed by atoms with Gasteiger partial charge in [-0.05, 0) is 17.7 Å². The second kappa shape index (κ2) is 10.1. The number of fused-ring (bicyclic) bond motifs is 1. The molecular formula is C22H22ClFN8O2S. The fraction of sp³-hybridized carbons (Fsp3) is 0.273. The number of carbonyl (C=O) groups is 1. The Balaban J connectivity index is 0.00000289. The van der Waals surface area contributed by atoms with Crippen molar-refractivity contribution in [2.24, 2.45) is 16.6 Å². The molecule has 1 fully saturated rings. The molecule has 1 amide bonds. The van der Waals surface area contributed by atoms with Gasteiger partial charge in [0.1, 0.15) is 11.2 Å². The van der Waals surface area contributed by atoms with Gasteiger partial charge >= 0.3 is 0 Å². The number of nitrogens with zero attached hydrogens (tertiary/aromatic N) is 6. The number of benzene rings is 1. The molecule has 182 valence electrons. The van der Waals surface area contributed by atoms with Crippen molar-refractivity contribution in [3.63, 3.8) is 0 Å². The van der Waals surface area contributed by atoms with Crippen molar-refractivity contribution in [2.45, 2.75) is 12.1 Å². The van der Waals surface area contributed by atoms with Crippen molar-refractivity contribution in [2.75, 3.05) is 29.1 Å². The number of nitrogens with two attached hydrogens (primary N) is 1. The van der Waals surface area contributed by atoms with Gasteiger partial charge in [-0.1, -0.05) is 23.9 Å². The Morgan fingerprint density at radius 2 is 2.03 bits per heavy atom. The second-order valence-corrected chi connectivity index (χ2v) is 9.09. The fourth-order valence-electron chi connectivity index (χ4n) is 4.26. The molecule has 2 aliphatic rings. The molecule has 13 heteroatoms. The lowest BCUT2D eigenvalue weighted by atomic mass is 9.81. The minimum Gasteiger partial charge on any atom is -0.390 e. The van der Waals surface area contributed by atoms with E-state index in [1.165, 1.54) is 24.2 Å². The van der Waals surface area contributed by atoms with Gasteiger partial charge in [0, 0.05) is 23.9 Å². The van der Waals surface area contributed by atoms with Gasteiger partial charge in [-0.2, -0.15) is 0 Å². The average molecular weight is 517 g/mol. The van der Waals surface area contributed by atoms with Crippen LogP contribution < -0.4 is 16.0 Å². The molecule has 4 heterocycles. The van der Waals surface area contributed by atoms with E-state index in [1.54, 1.807) is 6.07 Å². The predicted molar refractivity (Wildman–Crippen MR) is 133 cm³/mol. The third-order valence-corrected chi connectivity index (χ3v) is 6.86. The van der Waals surface area contributed by atoms with Gasteiger partial charge in [0.2, 0.25) is 5.95 Å². The van der Waals surface area contributed by atoms with Crippen LogP contribution in [0.4, 0.5) is 16.0 Å². The van der Waals surface area contributed by atoms with Crippen LogP contribution in [0.25, 0.3) is 0 Å². The molecule has 3 aromatic rings. The number of hydrogen-bond donors (Lipinski definition) is 3. The van der Waals surface area contributed by atoms with E-state index in [0.717, 1.165) is 23.7 Å². The van der Waals surface area contributed by atoms with Crippen molar-refractivity contribution < 1.29 is 14.3 Å². The van der Waals surface area contributed by atoms with Crippen LogP contribution in [0.15, 0.2) is 54.0 Å². The zero-order valence-corrected chi connectivity index (χ0v) is 20.0. The van der Waals surface area contributed by atoms with E-state index in [0.29, 0.717) is 35.6 Å². The molecule has 0 radical (unpaired) electrons. The lowest BCUT2D eigenvalue weighted by Crippen LogP contribution is -2.40. The van der Waals surface area contributed by atoms with Crippen molar-refractivity contribution in [1.29, 1.82) is 0 Å². The van der Waals surface area contributed by atoms with Gasteiger partial charge in [0.15, 0.2) is 11.0 Å². The van der Waals surface area contributed by atoms with Crippen LogP contribution in [0.3, 0.4) is 0 Å². The molecule has 0 spiro atoms. The second-order valence-electron chi connectivity index (χ2n) is 8.05. The number of nitrogens with one attached hydrogen (secondary N) is 1. The number of rotatable bonds is 5. The minimum atomic E-state index is -0.656. The average Bonchev–Trinajstić information content (AvgIpc) is 3.24. The number of thioether (sulfide) groups is 1. The standard InChI is InChI=1S/C22H21FN8O2S.ClH/c23-15-5-27-21(28-6-15)31-9-14-11-34-20(24)30-22(14,12-31)13-2-1-3-16(4-13)29-19(33)18-8-25-17(10-32)7-26-18;/h1-8,14,32H,9-12H2,(H2,24,30)(H,29,33);1H/t14-,22+;/m0./s1. The number of amides is 1. The van der Waals surface area contributed by atoms with Gasteiger partial charge < -0.3 is 21.1 Å². The smallest absolute Gasteiger partial charge is 0.275 e. The Morgan fingerprint density at radius 1 is 1.23 bits per heavy atom. The van der Waals surface area contributed by atoms with Gasteiger partial charge in [-0.15, -0.1) is 12.4 Å². The SMILES string of the molecule is Cl.NC1=N[C@@]2(c3cccc(NC(=O)c4cnc(CO)cn4)c3)CN(c3ncc(F)cn3)C[C@H]2CS1. The van der Waals surface area contributed by atoms with Crippen molar-refractivity contribution in [3.8, 4) is 0 Å². The summed E-state index contributed by atoms with van der Waals surface area (Å²) in [7, 11) is 0. The van der Waals surface area contributed by atoms with Crippen LogP contribution >= 0.6 is 24.2 Å². The van der Waals surface area contributed by atoms with E-state index < -0.39 is 17.3 Å². The Labute approximate surface area is 210 Å². The summed E-state index contributed by atoms with van der Waals surface area (Å²) in [6, 6.07) is 7.47. The molecule has 2 aromatic heterocycles. The normalized spacial score (nSPS) is 21.0. The molecule has 0 aliphatic carbocycles. The van der Waals surface area contributed by atoms with Crippen LogP contribution in [0.2, 0.25) is 0 Å². The predicted octanol–water partition coefficient (Wildman–Crippen LogP) is 1.97. The Hall–Kier alpha value is -3.35. The van der Waals surface area contributed by atoms with Crippen molar-refractivity contribution >= 4 is 46.9 Å². The van der Waals surface area contributed by atoms with Crippen LogP contribution in [0.1, 0.15) is 21.7 Å². The van der Waals surface area contributed by atoms with E-state index in [1.807, 2.05) is 23.1 Å². The molecular weight excluding hydrogens is 495 g/mol. The fourth-order valence-corrected chi connectivity index (χ4v) is 5.24. The summed E-state index contributed by atoms with van der Waals surface area (Å²) < 4.78 is 13.3. The monoisotopic (exact) mass is 516 g/mol. The zero-order chi connectivity index (χ0) is 23.7. The highest BCUT2D eigenvalue weighted by atomic mass is 35.5.